The van der Waals surface area contributed by atoms with Gasteiger partial charge in [0.1, 0.15) is 0 Å². The lowest BCUT2D eigenvalue weighted by Gasteiger charge is -2.48. The molecule has 5 heteroatoms. The summed E-state index contributed by atoms with van der Waals surface area (Å²) in [5.74, 6) is 1.23. The first kappa shape index (κ1) is 18.7. The van der Waals surface area contributed by atoms with E-state index in [1.165, 1.54) is 12.8 Å². The first-order valence-electron chi connectivity index (χ1n) is 10.3. The van der Waals surface area contributed by atoms with Crippen LogP contribution >= 0.6 is 0 Å². The number of carbonyl (C=O) groups is 2. The number of rotatable bonds is 5. The summed E-state index contributed by atoms with van der Waals surface area (Å²) in [4.78, 5) is 31.5. The van der Waals surface area contributed by atoms with E-state index in [9.17, 15) is 9.59 Å². The lowest BCUT2D eigenvalue weighted by Crippen LogP contribution is -2.56. The van der Waals surface area contributed by atoms with Gasteiger partial charge < -0.3 is 9.80 Å². The van der Waals surface area contributed by atoms with Gasteiger partial charge >= 0.3 is 0 Å². The fourth-order valence-corrected chi connectivity index (χ4v) is 4.71. The summed E-state index contributed by atoms with van der Waals surface area (Å²) in [6.45, 7) is 10.6. The molecule has 0 aliphatic carbocycles. The molecule has 25 heavy (non-hydrogen) atoms. The van der Waals surface area contributed by atoms with Crippen molar-refractivity contribution in [1.29, 1.82) is 0 Å². The van der Waals surface area contributed by atoms with E-state index in [0.717, 1.165) is 65.0 Å². The number of nitrogens with zero attached hydrogens (tertiary/aromatic N) is 3. The molecule has 3 fully saturated rings. The summed E-state index contributed by atoms with van der Waals surface area (Å²) in [5, 5.41) is 0. The quantitative estimate of drug-likeness (QED) is 0.765. The number of amides is 2. The molecule has 0 bridgehead atoms. The largest absolute Gasteiger partial charge is 0.342 e. The Morgan fingerprint density at radius 3 is 2.56 bits per heavy atom. The Kier molecular flexibility index (Phi) is 6.03. The second-order valence-electron chi connectivity index (χ2n) is 8.90. The molecule has 1 atom stereocenters. The van der Waals surface area contributed by atoms with Crippen LogP contribution in [0, 0.1) is 11.3 Å². The van der Waals surface area contributed by atoms with Crippen LogP contribution in [0.15, 0.2) is 0 Å². The first-order valence-corrected chi connectivity index (χ1v) is 10.3. The van der Waals surface area contributed by atoms with Gasteiger partial charge in [-0.25, -0.2) is 0 Å². The van der Waals surface area contributed by atoms with Gasteiger partial charge in [0.25, 0.3) is 0 Å². The predicted molar refractivity (Wildman–Crippen MR) is 99.2 cm³/mol. The van der Waals surface area contributed by atoms with E-state index in [1.807, 2.05) is 0 Å². The van der Waals surface area contributed by atoms with Gasteiger partial charge in [0.2, 0.25) is 11.8 Å². The average Bonchev–Trinajstić information content (AvgIpc) is 3.09. The van der Waals surface area contributed by atoms with Crippen molar-refractivity contribution in [2.45, 2.75) is 58.8 Å². The van der Waals surface area contributed by atoms with Crippen LogP contribution in [0.1, 0.15) is 58.8 Å². The third kappa shape index (κ3) is 4.75. The number of piperidine rings is 2. The minimum absolute atomic E-state index is 0.143. The summed E-state index contributed by atoms with van der Waals surface area (Å²) in [7, 11) is 0. The van der Waals surface area contributed by atoms with Crippen LogP contribution < -0.4 is 0 Å². The van der Waals surface area contributed by atoms with E-state index in [1.54, 1.807) is 0 Å². The Balaban J connectivity index is 1.58. The van der Waals surface area contributed by atoms with Gasteiger partial charge in [-0.1, -0.05) is 13.8 Å². The summed E-state index contributed by atoms with van der Waals surface area (Å²) >= 11 is 0. The molecule has 0 radical (unpaired) electrons. The molecule has 0 aromatic carbocycles. The second-order valence-corrected chi connectivity index (χ2v) is 8.90. The van der Waals surface area contributed by atoms with Crippen molar-refractivity contribution in [3.8, 4) is 0 Å². The fraction of sp³-hybridized carbons (Fsp3) is 0.900. The predicted octanol–water partition coefficient (Wildman–Crippen LogP) is 2.36. The Morgan fingerprint density at radius 2 is 1.84 bits per heavy atom. The molecule has 2 amide bonds. The third-order valence-corrected chi connectivity index (χ3v) is 6.30. The van der Waals surface area contributed by atoms with Gasteiger partial charge in [-0.15, -0.1) is 0 Å². The normalized spacial score (nSPS) is 28.4. The highest BCUT2D eigenvalue weighted by Crippen LogP contribution is 2.39. The van der Waals surface area contributed by atoms with Crippen molar-refractivity contribution < 1.29 is 9.59 Å². The van der Waals surface area contributed by atoms with Crippen molar-refractivity contribution in [3.63, 3.8) is 0 Å². The highest BCUT2D eigenvalue weighted by molar-refractivity contribution is 5.79. The molecular weight excluding hydrogens is 314 g/mol. The standard InChI is InChI=1S/C20H35N3O2/c1-17(2)7-13-23-16-20(9-6-18(23)24)8-5-12-22(15-20)19(25)14-21-10-3-4-11-21/h17H,3-16H2,1-2H3/t20-/m0/s1. The Bertz CT molecular complexity index is 487. The second kappa shape index (κ2) is 8.07. The molecular formula is C20H35N3O2. The first-order chi connectivity index (χ1) is 12.0. The highest BCUT2D eigenvalue weighted by Gasteiger charge is 2.42. The maximum Gasteiger partial charge on any atom is 0.236 e. The summed E-state index contributed by atoms with van der Waals surface area (Å²) in [6.07, 6.45) is 7.38. The average molecular weight is 350 g/mol. The molecule has 142 valence electrons. The lowest BCUT2D eigenvalue weighted by molar-refractivity contribution is -0.143. The van der Waals surface area contributed by atoms with E-state index in [4.69, 9.17) is 0 Å². The minimum atomic E-state index is 0.143. The van der Waals surface area contributed by atoms with Gasteiger partial charge in [-0.2, -0.15) is 0 Å². The van der Waals surface area contributed by atoms with Crippen molar-refractivity contribution in [2.24, 2.45) is 11.3 Å². The molecule has 1 spiro atoms. The minimum Gasteiger partial charge on any atom is -0.342 e. The summed E-state index contributed by atoms with van der Waals surface area (Å²) in [5.41, 5.74) is 0.143. The molecule has 0 aromatic rings. The zero-order valence-corrected chi connectivity index (χ0v) is 16.1. The number of hydrogen-bond acceptors (Lipinski definition) is 3. The van der Waals surface area contributed by atoms with E-state index >= 15 is 0 Å². The van der Waals surface area contributed by atoms with E-state index in [2.05, 4.69) is 28.5 Å². The van der Waals surface area contributed by atoms with Crippen LogP contribution in [0.2, 0.25) is 0 Å². The van der Waals surface area contributed by atoms with Crippen molar-refractivity contribution in [3.05, 3.63) is 0 Å². The van der Waals surface area contributed by atoms with Gasteiger partial charge in [0.15, 0.2) is 0 Å². The Hall–Kier alpha value is -1.10. The molecule has 0 N–H and O–H groups in total. The molecule has 0 unspecified atom stereocenters. The lowest BCUT2D eigenvalue weighted by atomic mass is 9.73. The van der Waals surface area contributed by atoms with Gasteiger partial charge in [0.05, 0.1) is 6.54 Å². The summed E-state index contributed by atoms with van der Waals surface area (Å²) < 4.78 is 0. The molecule has 3 heterocycles. The van der Waals surface area contributed by atoms with Crippen LogP contribution in [0.5, 0.6) is 0 Å². The number of carbonyl (C=O) groups excluding carboxylic acids is 2. The smallest absolute Gasteiger partial charge is 0.236 e. The number of hydrogen-bond donors (Lipinski definition) is 0. The van der Waals surface area contributed by atoms with E-state index in [-0.39, 0.29) is 5.41 Å². The van der Waals surface area contributed by atoms with Gasteiger partial charge in [-0.3, -0.25) is 14.5 Å². The van der Waals surface area contributed by atoms with Crippen LogP contribution in [0.25, 0.3) is 0 Å². The highest BCUT2D eigenvalue weighted by atomic mass is 16.2. The maximum absolute atomic E-state index is 12.7. The zero-order valence-electron chi connectivity index (χ0n) is 16.1. The SMILES string of the molecule is CC(C)CCN1C[C@@]2(CCCN(C(=O)CN3CCCC3)C2)CCC1=O. The van der Waals surface area contributed by atoms with Gasteiger partial charge in [-0.05, 0) is 57.5 Å². The zero-order chi connectivity index (χ0) is 17.9. The van der Waals surface area contributed by atoms with Crippen LogP contribution in [0.4, 0.5) is 0 Å². The number of likely N-dealkylation sites (tertiary alicyclic amines) is 3. The summed E-state index contributed by atoms with van der Waals surface area (Å²) in [6, 6.07) is 0. The van der Waals surface area contributed by atoms with Crippen molar-refractivity contribution in [1.82, 2.24) is 14.7 Å². The third-order valence-electron chi connectivity index (χ3n) is 6.30. The monoisotopic (exact) mass is 349 g/mol. The van der Waals surface area contributed by atoms with Crippen LogP contribution in [0.3, 0.4) is 0 Å². The molecule has 0 aromatic heterocycles. The van der Waals surface area contributed by atoms with E-state index < -0.39 is 0 Å². The van der Waals surface area contributed by atoms with Crippen molar-refractivity contribution in [2.75, 3.05) is 45.8 Å². The molecule has 3 rings (SSSR count). The Labute approximate surface area is 152 Å². The topological polar surface area (TPSA) is 43.9 Å². The van der Waals surface area contributed by atoms with Crippen molar-refractivity contribution >= 4 is 11.8 Å². The van der Waals surface area contributed by atoms with Crippen LogP contribution in [-0.2, 0) is 9.59 Å². The van der Waals surface area contributed by atoms with E-state index in [0.29, 0.717) is 30.7 Å². The van der Waals surface area contributed by atoms with Crippen LogP contribution in [-0.4, -0.2) is 72.3 Å². The maximum atomic E-state index is 12.7. The molecule has 3 aliphatic heterocycles. The molecule has 3 saturated heterocycles. The Morgan fingerprint density at radius 1 is 1.08 bits per heavy atom. The fourth-order valence-electron chi connectivity index (χ4n) is 4.71. The molecule has 3 aliphatic rings. The molecule has 5 nitrogen and oxygen atoms in total. The molecule has 0 saturated carbocycles. The van der Waals surface area contributed by atoms with Gasteiger partial charge in [0, 0.05) is 38.0 Å².